The van der Waals surface area contributed by atoms with Crippen LogP contribution in [0.25, 0.3) is 11.1 Å². The van der Waals surface area contributed by atoms with Crippen molar-refractivity contribution >= 4 is 16.9 Å². The quantitative estimate of drug-likeness (QED) is 0.797. The molecule has 1 heterocycles. The minimum atomic E-state index is 0.0653. The van der Waals surface area contributed by atoms with Gasteiger partial charge in [0.2, 0.25) is 0 Å². The van der Waals surface area contributed by atoms with E-state index in [1.54, 1.807) is 6.08 Å². The van der Waals surface area contributed by atoms with Crippen LogP contribution in [0.1, 0.15) is 21.5 Å². The Morgan fingerprint density at radius 2 is 1.88 bits per heavy atom. The van der Waals surface area contributed by atoms with Crippen LogP contribution in [0.15, 0.2) is 77.3 Å². The summed E-state index contributed by atoms with van der Waals surface area (Å²) in [7, 11) is 0. The van der Waals surface area contributed by atoms with Crippen molar-refractivity contribution < 1.29 is 14.5 Å². The predicted octanol–water partition coefficient (Wildman–Crippen LogP) is 3.39. The first-order valence-corrected chi connectivity index (χ1v) is 7.86. The molecule has 1 aromatic carbocycles. The normalized spacial score (nSPS) is 24.7. The number of carbonyl (C=O) groups is 1. The standard InChI is InChI=1S/C20H11NO3/c22-15-7-4-11-13-6-9-17-20-16(23-21-24-17)8-5-12(19(13)20)10-2-1-3-14(15)18(10)11/h1-9,19,21H. The minimum Gasteiger partial charge on any atom is -0.373 e. The highest BCUT2D eigenvalue weighted by atomic mass is 16.9. The molecular weight excluding hydrogens is 302 g/mol. The summed E-state index contributed by atoms with van der Waals surface area (Å²) in [6.07, 6.45) is 11.7. The maximum Gasteiger partial charge on any atom is 0.186 e. The molecule has 0 spiro atoms. The van der Waals surface area contributed by atoms with Gasteiger partial charge in [0.05, 0.1) is 5.57 Å². The van der Waals surface area contributed by atoms with E-state index >= 15 is 0 Å². The Bertz CT molecular complexity index is 1050. The Morgan fingerprint density at radius 3 is 2.83 bits per heavy atom. The summed E-state index contributed by atoms with van der Waals surface area (Å²) in [6, 6.07) is 5.95. The maximum absolute atomic E-state index is 12.3. The lowest BCUT2D eigenvalue weighted by molar-refractivity contribution is -0.124. The van der Waals surface area contributed by atoms with E-state index in [0.29, 0.717) is 0 Å². The minimum absolute atomic E-state index is 0.0653. The number of benzene rings is 1. The number of hydrogen-bond donors (Lipinski definition) is 1. The molecule has 1 aliphatic heterocycles. The molecule has 1 aromatic rings. The number of ketones is 1. The van der Waals surface area contributed by atoms with Gasteiger partial charge in [0.25, 0.3) is 0 Å². The number of allylic oxidation sites excluding steroid dienone is 10. The van der Waals surface area contributed by atoms with E-state index < -0.39 is 0 Å². The molecule has 1 N–H and O–H groups in total. The molecule has 0 bridgehead atoms. The van der Waals surface area contributed by atoms with Crippen molar-refractivity contribution in [2.24, 2.45) is 5.92 Å². The third-order valence-corrected chi connectivity index (χ3v) is 5.20. The van der Waals surface area contributed by atoms with Gasteiger partial charge in [-0.2, -0.15) is 0 Å². The maximum atomic E-state index is 12.3. The van der Waals surface area contributed by atoms with E-state index in [-0.39, 0.29) is 11.7 Å². The number of rotatable bonds is 0. The van der Waals surface area contributed by atoms with Crippen molar-refractivity contribution in [3.8, 4) is 0 Å². The third kappa shape index (κ3) is 1.31. The predicted molar refractivity (Wildman–Crippen MR) is 87.9 cm³/mol. The topological polar surface area (TPSA) is 47.6 Å². The molecule has 4 aliphatic carbocycles. The molecular formula is C20H11NO3. The van der Waals surface area contributed by atoms with E-state index in [0.717, 1.165) is 39.4 Å². The van der Waals surface area contributed by atoms with Crippen LogP contribution in [-0.4, -0.2) is 5.78 Å². The van der Waals surface area contributed by atoms with Gasteiger partial charge >= 0.3 is 0 Å². The molecule has 24 heavy (non-hydrogen) atoms. The SMILES string of the molecule is O=C1C=CC2=C3C=CC4=C5C(=CC=C(c6cccc1c62)C35)ONO4. The van der Waals surface area contributed by atoms with Crippen molar-refractivity contribution in [1.82, 2.24) is 5.64 Å². The molecule has 5 aliphatic rings. The van der Waals surface area contributed by atoms with Crippen LogP contribution in [0.5, 0.6) is 0 Å². The Kier molecular flexibility index (Phi) is 2.08. The molecule has 0 saturated carbocycles. The number of carbonyl (C=O) groups excluding carboxylic acids is 1. The van der Waals surface area contributed by atoms with Gasteiger partial charge in [0.1, 0.15) is 0 Å². The van der Waals surface area contributed by atoms with Gasteiger partial charge in [-0.05, 0) is 40.5 Å². The summed E-state index contributed by atoms with van der Waals surface area (Å²) in [5, 5.41) is 0. The van der Waals surface area contributed by atoms with Crippen molar-refractivity contribution in [1.29, 1.82) is 0 Å². The summed E-state index contributed by atoms with van der Waals surface area (Å²) in [5.41, 5.74) is 9.95. The van der Waals surface area contributed by atoms with Crippen LogP contribution in [0, 0.1) is 5.92 Å². The van der Waals surface area contributed by atoms with Crippen molar-refractivity contribution in [2.45, 2.75) is 0 Å². The average Bonchev–Trinajstić information content (AvgIpc) is 2.63. The van der Waals surface area contributed by atoms with Gasteiger partial charge in [0.15, 0.2) is 17.3 Å². The van der Waals surface area contributed by atoms with E-state index in [1.807, 2.05) is 30.4 Å². The zero-order valence-electron chi connectivity index (χ0n) is 12.5. The molecule has 114 valence electrons. The van der Waals surface area contributed by atoms with Crippen LogP contribution < -0.4 is 5.64 Å². The number of nitrogens with one attached hydrogen (secondary N) is 1. The fourth-order valence-electron chi connectivity index (χ4n) is 4.23. The summed E-state index contributed by atoms with van der Waals surface area (Å²) in [6.45, 7) is 0. The smallest absolute Gasteiger partial charge is 0.186 e. The second kappa shape index (κ2) is 4.04. The Morgan fingerprint density at radius 1 is 0.958 bits per heavy atom. The molecule has 0 saturated heterocycles. The molecule has 1 atom stereocenters. The van der Waals surface area contributed by atoms with Gasteiger partial charge in [-0.25, -0.2) is 0 Å². The molecule has 6 rings (SSSR count). The zero-order valence-corrected chi connectivity index (χ0v) is 12.5. The van der Waals surface area contributed by atoms with Crippen LogP contribution in [0.4, 0.5) is 0 Å². The first kappa shape index (κ1) is 12.3. The number of hydrogen-bond acceptors (Lipinski definition) is 4. The molecule has 0 radical (unpaired) electrons. The highest BCUT2D eigenvalue weighted by Crippen LogP contribution is 2.54. The van der Waals surface area contributed by atoms with Gasteiger partial charge in [-0.15, -0.1) is 0 Å². The molecule has 1 unspecified atom stereocenters. The largest absolute Gasteiger partial charge is 0.373 e. The van der Waals surface area contributed by atoms with Crippen LogP contribution >= 0.6 is 0 Å². The van der Waals surface area contributed by atoms with Crippen molar-refractivity contribution in [3.05, 3.63) is 94.0 Å². The first-order chi connectivity index (χ1) is 11.8. The Balaban J connectivity index is 1.76. The number of fused-ring (bicyclic) bond motifs is 1. The fraction of sp³-hybridized carbons (Fsp3) is 0.0500. The Hall–Kier alpha value is -3.11. The summed E-state index contributed by atoms with van der Waals surface area (Å²) < 4.78 is 0. The lowest BCUT2D eigenvalue weighted by atomic mass is 9.66. The monoisotopic (exact) mass is 313 g/mol. The highest BCUT2D eigenvalue weighted by molar-refractivity contribution is 6.15. The molecule has 0 aromatic heterocycles. The van der Waals surface area contributed by atoms with Crippen LogP contribution in [0.3, 0.4) is 0 Å². The van der Waals surface area contributed by atoms with E-state index in [1.165, 1.54) is 11.1 Å². The van der Waals surface area contributed by atoms with Crippen molar-refractivity contribution in [2.75, 3.05) is 0 Å². The third-order valence-electron chi connectivity index (χ3n) is 5.20. The average molecular weight is 313 g/mol. The van der Waals surface area contributed by atoms with Gasteiger partial charge in [0, 0.05) is 22.7 Å². The van der Waals surface area contributed by atoms with E-state index in [2.05, 4.69) is 23.9 Å². The lowest BCUT2D eigenvalue weighted by Gasteiger charge is -2.39. The molecule has 4 heteroatoms. The van der Waals surface area contributed by atoms with Gasteiger partial charge < -0.3 is 9.68 Å². The Labute approximate surface area is 137 Å². The van der Waals surface area contributed by atoms with Crippen LogP contribution in [-0.2, 0) is 9.68 Å². The second-order valence-electron chi connectivity index (χ2n) is 6.28. The van der Waals surface area contributed by atoms with Gasteiger partial charge in [-0.1, -0.05) is 36.4 Å². The van der Waals surface area contributed by atoms with Crippen LogP contribution in [0.2, 0.25) is 0 Å². The summed E-state index contributed by atoms with van der Waals surface area (Å²) in [4.78, 5) is 23.2. The van der Waals surface area contributed by atoms with E-state index in [4.69, 9.17) is 9.68 Å². The van der Waals surface area contributed by atoms with Gasteiger partial charge in [-0.3, -0.25) is 4.79 Å². The molecule has 0 amide bonds. The highest BCUT2D eigenvalue weighted by Gasteiger charge is 2.42. The zero-order chi connectivity index (χ0) is 15.8. The molecule has 0 fully saturated rings. The summed E-state index contributed by atoms with van der Waals surface area (Å²) in [5.74, 6) is 1.70. The second-order valence-corrected chi connectivity index (χ2v) is 6.28. The van der Waals surface area contributed by atoms with E-state index in [9.17, 15) is 4.79 Å². The lowest BCUT2D eigenvalue weighted by Crippen LogP contribution is -2.31. The summed E-state index contributed by atoms with van der Waals surface area (Å²) >= 11 is 0. The first-order valence-electron chi connectivity index (χ1n) is 7.86. The fourth-order valence-corrected chi connectivity index (χ4v) is 4.23. The molecule has 4 nitrogen and oxygen atoms in total. The van der Waals surface area contributed by atoms with Crippen molar-refractivity contribution in [3.63, 3.8) is 0 Å².